The highest BCUT2D eigenvalue weighted by atomic mass is 15.4. The maximum Gasteiger partial charge on any atom is 0.252 e. The van der Waals surface area contributed by atoms with Crippen LogP contribution in [-0.2, 0) is 7.05 Å². The van der Waals surface area contributed by atoms with Crippen LogP contribution in [0.2, 0.25) is 0 Å². The van der Waals surface area contributed by atoms with E-state index in [1.54, 1.807) is 15.6 Å². The molecule has 0 saturated carbocycles. The van der Waals surface area contributed by atoms with Crippen LogP contribution in [0.4, 0.5) is 0 Å². The minimum absolute atomic E-state index is 0.138. The Hall–Kier alpha value is -2.20. The van der Waals surface area contributed by atoms with E-state index >= 15 is 0 Å². The first-order chi connectivity index (χ1) is 8.11. The lowest BCUT2D eigenvalue weighted by molar-refractivity contribution is 0.452. The molecule has 0 spiro atoms. The Morgan fingerprint density at radius 2 is 2.29 bits per heavy atom. The summed E-state index contributed by atoms with van der Waals surface area (Å²) in [5.74, 6) is 0.138. The van der Waals surface area contributed by atoms with Crippen LogP contribution in [0, 0.1) is 11.3 Å². The van der Waals surface area contributed by atoms with E-state index in [0.29, 0.717) is 0 Å². The monoisotopic (exact) mass is 231 g/mol. The molecule has 7 nitrogen and oxygen atoms in total. The summed E-state index contributed by atoms with van der Waals surface area (Å²) in [6, 6.07) is 1.57. The van der Waals surface area contributed by atoms with Gasteiger partial charge in [-0.3, -0.25) is 4.68 Å². The first-order valence-corrected chi connectivity index (χ1v) is 5.17. The number of nitriles is 1. The van der Waals surface area contributed by atoms with Crippen LogP contribution < -0.4 is 5.73 Å². The minimum atomic E-state index is -0.168. The van der Waals surface area contributed by atoms with E-state index in [9.17, 15) is 0 Å². The third kappa shape index (κ3) is 2.16. The fourth-order valence-electron chi connectivity index (χ4n) is 1.75. The Morgan fingerprint density at radius 1 is 1.53 bits per heavy atom. The zero-order valence-electron chi connectivity index (χ0n) is 9.65. The van der Waals surface area contributed by atoms with Crippen molar-refractivity contribution in [3.8, 4) is 6.07 Å². The van der Waals surface area contributed by atoms with Crippen molar-refractivity contribution in [2.75, 3.05) is 0 Å². The van der Waals surface area contributed by atoms with Gasteiger partial charge in [0.2, 0.25) is 0 Å². The number of aryl methyl sites for hydroxylation is 1. The lowest BCUT2D eigenvalue weighted by Gasteiger charge is -2.19. The first kappa shape index (κ1) is 11.3. The second-order valence-electron chi connectivity index (χ2n) is 3.91. The van der Waals surface area contributed by atoms with Crippen LogP contribution >= 0.6 is 0 Å². The molecule has 0 fully saturated rings. The van der Waals surface area contributed by atoms with Gasteiger partial charge in [-0.15, -0.1) is 5.10 Å². The number of hydrogen-bond donors (Lipinski definition) is 1. The first-order valence-electron chi connectivity index (χ1n) is 5.17. The van der Waals surface area contributed by atoms with E-state index in [0.717, 1.165) is 5.56 Å². The largest absolute Gasteiger partial charge is 0.326 e. The molecule has 2 aromatic rings. The lowest BCUT2D eigenvalue weighted by Crippen LogP contribution is -2.30. The summed E-state index contributed by atoms with van der Waals surface area (Å²) in [4.78, 5) is 3.88. The zero-order valence-corrected chi connectivity index (χ0v) is 9.65. The van der Waals surface area contributed by atoms with Crippen LogP contribution in [0.25, 0.3) is 0 Å². The summed E-state index contributed by atoms with van der Waals surface area (Å²) in [6.45, 7) is 1.88. The van der Waals surface area contributed by atoms with Gasteiger partial charge in [-0.2, -0.15) is 10.4 Å². The van der Waals surface area contributed by atoms with Gasteiger partial charge >= 0.3 is 0 Å². The van der Waals surface area contributed by atoms with Crippen molar-refractivity contribution in [3.63, 3.8) is 0 Å². The maximum atomic E-state index is 8.71. The minimum Gasteiger partial charge on any atom is -0.326 e. The Labute approximate surface area is 98.5 Å². The fourth-order valence-corrected chi connectivity index (χ4v) is 1.75. The molecule has 0 aliphatic carbocycles. The molecule has 2 rings (SSSR count). The normalized spacial score (nSPS) is 14.2. The van der Waals surface area contributed by atoms with Gasteiger partial charge < -0.3 is 5.73 Å². The highest BCUT2D eigenvalue weighted by Gasteiger charge is 2.21. The van der Waals surface area contributed by atoms with Crippen molar-refractivity contribution >= 4 is 0 Å². The van der Waals surface area contributed by atoms with Crippen LogP contribution in [0.5, 0.6) is 0 Å². The van der Waals surface area contributed by atoms with Gasteiger partial charge in [-0.05, 0) is 6.92 Å². The lowest BCUT2D eigenvalue weighted by atomic mass is 10.1. The van der Waals surface area contributed by atoms with Gasteiger partial charge in [0.05, 0.1) is 12.2 Å². The molecule has 0 aliphatic rings. The van der Waals surface area contributed by atoms with E-state index in [4.69, 9.17) is 11.0 Å². The molecule has 2 atom stereocenters. The molecule has 7 heteroatoms. The van der Waals surface area contributed by atoms with E-state index in [-0.39, 0.29) is 17.9 Å². The fraction of sp³-hybridized carbons (Fsp3) is 0.400. The number of nitrogens with two attached hydrogens (primary N) is 1. The van der Waals surface area contributed by atoms with Gasteiger partial charge in [0.25, 0.3) is 5.82 Å². The molecule has 0 bridgehead atoms. The van der Waals surface area contributed by atoms with Gasteiger partial charge in [0.15, 0.2) is 0 Å². The molecule has 2 unspecified atom stereocenters. The molecule has 17 heavy (non-hydrogen) atoms. The van der Waals surface area contributed by atoms with Crippen molar-refractivity contribution in [1.29, 1.82) is 5.26 Å². The third-order valence-electron chi connectivity index (χ3n) is 2.46. The van der Waals surface area contributed by atoms with E-state index < -0.39 is 0 Å². The zero-order chi connectivity index (χ0) is 12.4. The second kappa shape index (κ2) is 4.35. The molecule has 0 aromatic carbocycles. The smallest absolute Gasteiger partial charge is 0.252 e. The Balaban J connectivity index is 2.39. The van der Waals surface area contributed by atoms with Gasteiger partial charge in [-0.25, -0.2) is 9.67 Å². The van der Waals surface area contributed by atoms with Gasteiger partial charge in [0.1, 0.15) is 12.4 Å². The molecule has 0 radical (unpaired) electrons. The van der Waals surface area contributed by atoms with Crippen molar-refractivity contribution in [3.05, 3.63) is 30.1 Å². The summed E-state index contributed by atoms with van der Waals surface area (Å²) >= 11 is 0. The summed E-state index contributed by atoms with van der Waals surface area (Å²) in [6.07, 6.45) is 5.13. The average molecular weight is 231 g/mol. The van der Waals surface area contributed by atoms with Crippen molar-refractivity contribution in [2.45, 2.75) is 19.0 Å². The molecule has 0 saturated heterocycles. The summed E-state index contributed by atoms with van der Waals surface area (Å²) in [7, 11) is 1.84. The molecule has 2 N–H and O–H groups in total. The van der Waals surface area contributed by atoms with Crippen LogP contribution in [-0.4, -0.2) is 30.6 Å². The molecular formula is C10H13N7. The second-order valence-corrected chi connectivity index (χ2v) is 3.91. The Kier molecular flexibility index (Phi) is 2.89. The molecule has 88 valence electrons. The third-order valence-corrected chi connectivity index (χ3v) is 2.46. The van der Waals surface area contributed by atoms with Crippen LogP contribution in [0.1, 0.15) is 24.4 Å². The number of hydrogen-bond acceptors (Lipinski definition) is 5. The Morgan fingerprint density at radius 3 is 2.76 bits per heavy atom. The topological polar surface area (TPSA) is 98.3 Å². The predicted molar refractivity (Wildman–Crippen MR) is 59.7 cm³/mol. The number of rotatable bonds is 3. The summed E-state index contributed by atoms with van der Waals surface area (Å²) in [5.41, 5.74) is 6.89. The molecular weight excluding hydrogens is 218 g/mol. The van der Waals surface area contributed by atoms with E-state index in [2.05, 4.69) is 15.2 Å². The number of nitrogens with zero attached hydrogens (tertiary/aromatic N) is 6. The average Bonchev–Trinajstić information content (AvgIpc) is 2.88. The van der Waals surface area contributed by atoms with Crippen molar-refractivity contribution in [1.82, 2.24) is 24.5 Å². The quantitative estimate of drug-likeness (QED) is 0.790. The van der Waals surface area contributed by atoms with Crippen molar-refractivity contribution in [2.24, 2.45) is 12.8 Å². The van der Waals surface area contributed by atoms with Crippen LogP contribution in [0.15, 0.2) is 18.7 Å². The highest BCUT2D eigenvalue weighted by Crippen LogP contribution is 2.19. The molecule has 2 heterocycles. The maximum absolute atomic E-state index is 8.71. The summed E-state index contributed by atoms with van der Waals surface area (Å²) < 4.78 is 3.30. The number of aromatic nitrogens is 5. The van der Waals surface area contributed by atoms with Crippen molar-refractivity contribution < 1.29 is 0 Å². The highest BCUT2D eigenvalue weighted by molar-refractivity contribution is 5.15. The predicted octanol–water partition coefficient (Wildman–Crippen LogP) is -0.180. The molecule has 2 aromatic heterocycles. The van der Waals surface area contributed by atoms with Gasteiger partial charge in [0, 0.05) is 24.8 Å². The summed E-state index contributed by atoms with van der Waals surface area (Å²) in [5, 5.41) is 16.9. The molecule has 0 amide bonds. The van der Waals surface area contributed by atoms with E-state index in [1.165, 1.54) is 6.33 Å². The Bertz CT molecular complexity index is 545. The van der Waals surface area contributed by atoms with Gasteiger partial charge in [-0.1, -0.05) is 0 Å². The van der Waals surface area contributed by atoms with E-state index in [1.807, 2.05) is 26.2 Å². The standard InChI is InChI=1S/C10H13N7/c1-7(12)10(8-4-14-16(2)5-8)17-6-13-9(3-11)15-17/h4-7,10H,12H2,1-2H3. The molecule has 0 aliphatic heterocycles. The SMILES string of the molecule is CC(N)C(c1cnn(C)c1)n1cnc(C#N)n1. The van der Waals surface area contributed by atoms with Crippen LogP contribution in [0.3, 0.4) is 0 Å².